The highest BCUT2D eigenvalue weighted by molar-refractivity contribution is 5.96. The predicted molar refractivity (Wildman–Crippen MR) is 52.8 cm³/mol. The van der Waals surface area contributed by atoms with Gasteiger partial charge in [-0.25, -0.2) is 4.79 Å². The van der Waals surface area contributed by atoms with Crippen molar-refractivity contribution in [2.75, 3.05) is 5.32 Å². The lowest BCUT2D eigenvalue weighted by Crippen LogP contribution is -2.20. The quantitative estimate of drug-likeness (QED) is 0.831. The number of amides is 1. The van der Waals surface area contributed by atoms with E-state index < -0.39 is 18.3 Å². The Morgan fingerprint density at radius 2 is 2.00 bits per heavy atom. The van der Waals surface area contributed by atoms with Crippen LogP contribution in [0.3, 0.4) is 0 Å². The van der Waals surface area contributed by atoms with Crippen molar-refractivity contribution in [3.05, 3.63) is 29.3 Å². The van der Waals surface area contributed by atoms with Crippen molar-refractivity contribution in [1.29, 1.82) is 0 Å². The van der Waals surface area contributed by atoms with Crippen LogP contribution in [-0.4, -0.2) is 23.4 Å². The van der Waals surface area contributed by atoms with E-state index in [9.17, 15) is 18.4 Å². The number of carbonyl (C=O) groups is 2. The minimum absolute atomic E-state index is 0.0739. The predicted octanol–water partition coefficient (Wildman–Crippen LogP) is 1.90. The van der Waals surface area contributed by atoms with Crippen LogP contribution in [-0.2, 0) is 4.79 Å². The van der Waals surface area contributed by atoms with Crippen LogP contribution in [0, 0.1) is 6.92 Å². The highest BCUT2D eigenvalue weighted by atomic mass is 19.3. The van der Waals surface area contributed by atoms with Crippen LogP contribution in [0.1, 0.15) is 15.9 Å². The summed E-state index contributed by atoms with van der Waals surface area (Å²) in [5.74, 6) is -2.64. The van der Waals surface area contributed by atoms with E-state index in [1.54, 1.807) is 6.92 Å². The lowest BCUT2D eigenvalue weighted by atomic mass is 10.1. The molecule has 16 heavy (non-hydrogen) atoms. The maximum Gasteiger partial charge on any atom is 0.335 e. The molecule has 0 fully saturated rings. The fourth-order valence-corrected chi connectivity index (χ4v) is 1.08. The summed E-state index contributed by atoms with van der Waals surface area (Å²) in [5, 5.41) is 10.6. The molecule has 86 valence electrons. The molecule has 1 rings (SSSR count). The van der Waals surface area contributed by atoms with Gasteiger partial charge >= 0.3 is 12.4 Å². The minimum Gasteiger partial charge on any atom is -0.478 e. The highest BCUT2D eigenvalue weighted by Crippen LogP contribution is 2.17. The summed E-state index contributed by atoms with van der Waals surface area (Å²) in [5.41, 5.74) is 0.513. The lowest BCUT2D eigenvalue weighted by Gasteiger charge is -2.08. The van der Waals surface area contributed by atoms with E-state index in [0.29, 0.717) is 5.56 Å². The standard InChI is InChI=1S/C10H9F2NO3/c1-5-2-3-6(10(15)16)4-7(5)13-9(14)8(11)12/h2-4,8H,1H3,(H,13,14)(H,15,16). The van der Waals surface area contributed by atoms with Crippen molar-refractivity contribution >= 4 is 17.6 Å². The second-order valence-electron chi connectivity index (χ2n) is 3.12. The first kappa shape index (κ1) is 12.1. The van der Waals surface area contributed by atoms with Gasteiger partial charge in [0.25, 0.3) is 5.91 Å². The first-order chi connectivity index (χ1) is 7.41. The normalized spacial score (nSPS) is 10.2. The molecule has 0 atom stereocenters. The Balaban J connectivity index is 2.99. The molecule has 0 aliphatic rings. The molecule has 0 aromatic heterocycles. The van der Waals surface area contributed by atoms with Crippen LogP contribution < -0.4 is 5.32 Å². The number of nitrogens with one attached hydrogen (secondary N) is 1. The number of carbonyl (C=O) groups excluding carboxylic acids is 1. The molecule has 0 bridgehead atoms. The van der Waals surface area contributed by atoms with Crippen molar-refractivity contribution in [3.8, 4) is 0 Å². The lowest BCUT2D eigenvalue weighted by molar-refractivity contribution is -0.126. The van der Waals surface area contributed by atoms with Crippen LogP contribution in [0.15, 0.2) is 18.2 Å². The molecule has 4 nitrogen and oxygen atoms in total. The molecule has 0 saturated carbocycles. The van der Waals surface area contributed by atoms with Crippen molar-refractivity contribution in [1.82, 2.24) is 0 Å². The van der Waals surface area contributed by atoms with E-state index in [2.05, 4.69) is 0 Å². The van der Waals surface area contributed by atoms with Crippen molar-refractivity contribution in [2.45, 2.75) is 13.3 Å². The first-order valence-electron chi connectivity index (χ1n) is 4.34. The smallest absolute Gasteiger partial charge is 0.335 e. The Bertz CT molecular complexity index is 432. The molecular formula is C10H9F2NO3. The first-order valence-corrected chi connectivity index (χ1v) is 4.34. The van der Waals surface area contributed by atoms with E-state index in [0.717, 1.165) is 6.07 Å². The molecule has 0 spiro atoms. The van der Waals surface area contributed by atoms with Crippen molar-refractivity contribution < 1.29 is 23.5 Å². The van der Waals surface area contributed by atoms with Crippen LogP contribution in [0.5, 0.6) is 0 Å². The molecule has 1 aromatic rings. The molecule has 2 N–H and O–H groups in total. The largest absolute Gasteiger partial charge is 0.478 e. The van der Waals surface area contributed by atoms with E-state index in [4.69, 9.17) is 5.11 Å². The van der Waals surface area contributed by atoms with Gasteiger partial charge in [-0.05, 0) is 24.6 Å². The number of aromatic carboxylic acids is 1. The van der Waals surface area contributed by atoms with Gasteiger partial charge in [0.15, 0.2) is 0 Å². The summed E-state index contributed by atoms with van der Waals surface area (Å²) < 4.78 is 24.0. The number of anilines is 1. The van der Waals surface area contributed by atoms with Gasteiger partial charge in [-0.15, -0.1) is 0 Å². The number of hydrogen-bond acceptors (Lipinski definition) is 2. The number of carboxylic acid groups (broad SMARTS) is 1. The second-order valence-corrected chi connectivity index (χ2v) is 3.12. The Morgan fingerprint density at radius 3 is 2.50 bits per heavy atom. The summed E-state index contributed by atoms with van der Waals surface area (Å²) in [6.07, 6.45) is -3.13. The monoisotopic (exact) mass is 229 g/mol. The van der Waals surface area contributed by atoms with Crippen LogP contribution in [0.2, 0.25) is 0 Å². The maximum absolute atomic E-state index is 12.0. The van der Waals surface area contributed by atoms with Gasteiger partial charge in [0.2, 0.25) is 0 Å². The third-order valence-electron chi connectivity index (χ3n) is 1.94. The van der Waals surface area contributed by atoms with Crippen LogP contribution in [0.25, 0.3) is 0 Å². The van der Waals surface area contributed by atoms with E-state index >= 15 is 0 Å². The van der Waals surface area contributed by atoms with Crippen LogP contribution in [0.4, 0.5) is 14.5 Å². The molecule has 0 unspecified atom stereocenters. The van der Waals surface area contributed by atoms with Crippen molar-refractivity contribution in [3.63, 3.8) is 0 Å². The fourth-order valence-electron chi connectivity index (χ4n) is 1.08. The molecule has 6 heteroatoms. The third kappa shape index (κ3) is 2.75. The second kappa shape index (κ2) is 4.69. The highest BCUT2D eigenvalue weighted by Gasteiger charge is 2.16. The zero-order valence-corrected chi connectivity index (χ0v) is 8.33. The zero-order valence-electron chi connectivity index (χ0n) is 8.33. The number of hydrogen-bond donors (Lipinski definition) is 2. The average Bonchev–Trinajstić information content (AvgIpc) is 2.20. The molecule has 0 aliphatic heterocycles. The summed E-state index contributed by atoms with van der Waals surface area (Å²) in [6.45, 7) is 1.58. The number of benzene rings is 1. The summed E-state index contributed by atoms with van der Waals surface area (Å²) >= 11 is 0. The van der Waals surface area contributed by atoms with E-state index in [1.807, 2.05) is 5.32 Å². The third-order valence-corrected chi connectivity index (χ3v) is 1.94. The van der Waals surface area contributed by atoms with Gasteiger partial charge in [-0.2, -0.15) is 8.78 Å². The van der Waals surface area contributed by atoms with Gasteiger partial charge < -0.3 is 10.4 Å². The Hall–Kier alpha value is -1.98. The molecule has 0 saturated heterocycles. The number of carboxylic acids is 1. The molecule has 1 aromatic carbocycles. The van der Waals surface area contributed by atoms with E-state index in [1.165, 1.54) is 12.1 Å². The number of rotatable bonds is 3. The molecule has 0 aliphatic carbocycles. The van der Waals surface area contributed by atoms with Gasteiger partial charge in [-0.1, -0.05) is 6.07 Å². The summed E-state index contributed by atoms with van der Waals surface area (Å²) in [4.78, 5) is 21.4. The molecular weight excluding hydrogens is 220 g/mol. The minimum atomic E-state index is -3.13. The van der Waals surface area contributed by atoms with E-state index in [-0.39, 0.29) is 11.3 Å². The zero-order chi connectivity index (χ0) is 12.3. The summed E-state index contributed by atoms with van der Waals surface area (Å²) in [6, 6.07) is 3.90. The SMILES string of the molecule is Cc1ccc(C(=O)O)cc1NC(=O)C(F)F. The summed E-state index contributed by atoms with van der Waals surface area (Å²) in [7, 11) is 0. The van der Waals surface area contributed by atoms with Crippen LogP contribution >= 0.6 is 0 Å². The van der Waals surface area contributed by atoms with Gasteiger partial charge in [0.05, 0.1) is 5.56 Å². The maximum atomic E-state index is 12.0. The van der Waals surface area contributed by atoms with Gasteiger partial charge in [0.1, 0.15) is 0 Å². The number of aryl methyl sites for hydroxylation is 1. The van der Waals surface area contributed by atoms with Crippen molar-refractivity contribution in [2.24, 2.45) is 0 Å². The molecule has 0 radical (unpaired) electrons. The Labute approximate surface area is 89.9 Å². The van der Waals surface area contributed by atoms with Gasteiger partial charge in [0, 0.05) is 5.69 Å². The Morgan fingerprint density at radius 1 is 1.38 bits per heavy atom. The number of alkyl halides is 2. The topological polar surface area (TPSA) is 66.4 Å². The Kier molecular flexibility index (Phi) is 3.55. The fraction of sp³-hybridized carbons (Fsp3) is 0.200. The average molecular weight is 229 g/mol. The molecule has 0 heterocycles. The number of halogens is 2. The molecule has 1 amide bonds. The van der Waals surface area contributed by atoms with Gasteiger partial charge in [-0.3, -0.25) is 4.79 Å².